The van der Waals surface area contributed by atoms with E-state index in [1.807, 2.05) is 0 Å². The zero-order chi connectivity index (χ0) is 11.9. The molecule has 1 N–H and O–H groups in total. The molecule has 0 aliphatic heterocycles. The van der Waals surface area contributed by atoms with E-state index in [2.05, 4.69) is 10.3 Å². The van der Waals surface area contributed by atoms with Gasteiger partial charge in [0.25, 0.3) is 0 Å². The van der Waals surface area contributed by atoms with Crippen LogP contribution < -0.4 is 5.32 Å². The van der Waals surface area contributed by atoms with E-state index in [0.717, 1.165) is 6.07 Å². The minimum atomic E-state index is -1.47. The average Bonchev–Trinajstić information content (AvgIpc) is 2.27. The number of nitrogens with zero attached hydrogens (tertiary/aromatic N) is 1. The summed E-state index contributed by atoms with van der Waals surface area (Å²) in [7, 11) is 1.65. The summed E-state index contributed by atoms with van der Waals surface area (Å²) in [5, 5.41) is 2.77. The first-order valence-electron chi connectivity index (χ1n) is 4.67. The molecule has 2 aromatic rings. The number of aromatic nitrogens is 1. The molecule has 0 atom stereocenters. The molecule has 0 bridgehead atoms. The number of aryl methyl sites for hydroxylation is 1. The van der Waals surface area contributed by atoms with Crippen LogP contribution >= 0.6 is 0 Å². The lowest BCUT2D eigenvalue weighted by atomic mass is 10.1. The van der Waals surface area contributed by atoms with Crippen LogP contribution in [0.1, 0.15) is 5.56 Å². The quantitative estimate of drug-likeness (QED) is 0.756. The fourth-order valence-corrected chi connectivity index (χ4v) is 1.57. The molecule has 0 amide bonds. The Hall–Kier alpha value is -1.78. The largest absolute Gasteiger partial charge is 0.373 e. The molecule has 0 radical (unpaired) electrons. The van der Waals surface area contributed by atoms with Crippen molar-refractivity contribution in [3.63, 3.8) is 0 Å². The average molecular weight is 226 g/mol. The summed E-state index contributed by atoms with van der Waals surface area (Å²) in [5.41, 5.74) is 0.756. The normalized spacial score (nSPS) is 10.8. The van der Waals surface area contributed by atoms with Gasteiger partial charge in [-0.15, -0.1) is 0 Å². The molecule has 0 saturated carbocycles. The van der Waals surface area contributed by atoms with Crippen molar-refractivity contribution in [1.29, 1.82) is 0 Å². The van der Waals surface area contributed by atoms with Crippen LogP contribution in [-0.4, -0.2) is 12.0 Å². The van der Waals surface area contributed by atoms with Crippen molar-refractivity contribution in [2.24, 2.45) is 0 Å². The highest BCUT2D eigenvalue weighted by molar-refractivity contribution is 5.82. The van der Waals surface area contributed by atoms with Crippen molar-refractivity contribution in [2.45, 2.75) is 6.92 Å². The molecule has 1 aromatic heterocycles. The van der Waals surface area contributed by atoms with Gasteiger partial charge < -0.3 is 5.32 Å². The number of nitrogens with one attached hydrogen (secondary N) is 1. The van der Waals surface area contributed by atoms with Crippen LogP contribution in [0.3, 0.4) is 0 Å². The van der Waals surface area contributed by atoms with Crippen LogP contribution in [0.4, 0.5) is 19.0 Å². The molecule has 0 fully saturated rings. The molecule has 1 heterocycles. The van der Waals surface area contributed by atoms with Crippen molar-refractivity contribution in [3.05, 3.63) is 35.1 Å². The summed E-state index contributed by atoms with van der Waals surface area (Å²) in [6, 6.07) is 2.32. The van der Waals surface area contributed by atoms with E-state index < -0.39 is 17.5 Å². The summed E-state index contributed by atoms with van der Waals surface area (Å²) in [4.78, 5) is 4.00. The number of hydrogen-bond donors (Lipinski definition) is 1. The summed E-state index contributed by atoms with van der Waals surface area (Å²) in [6.45, 7) is 1.71. The Morgan fingerprint density at radius 2 is 1.81 bits per heavy atom. The summed E-state index contributed by atoms with van der Waals surface area (Å²) in [6.07, 6.45) is 0. The lowest BCUT2D eigenvalue weighted by Crippen LogP contribution is -1.99. The maximum absolute atomic E-state index is 13.4. The van der Waals surface area contributed by atoms with Gasteiger partial charge in [0.05, 0.1) is 5.52 Å². The first kappa shape index (κ1) is 10.7. The number of hydrogen-bond acceptors (Lipinski definition) is 2. The van der Waals surface area contributed by atoms with Gasteiger partial charge in [-0.25, -0.2) is 18.2 Å². The molecule has 0 unspecified atom stereocenters. The fraction of sp³-hybridized carbons (Fsp3) is 0.182. The molecular formula is C11H9F3N2. The van der Waals surface area contributed by atoms with Gasteiger partial charge >= 0.3 is 0 Å². The predicted octanol–water partition coefficient (Wildman–Crippen LogP) is 3.00. The third kappa shape index (κ3) is 1.48. The van der Waals surface area contributed by atoms with Gasteiger partial charge in [-0.1, -0.05) is 0 Å². The van der Waals surface area contributed by atoms with Crippen LogP contribution in [0, 0.1) is 24.4 Å². The highest BCUT2D eigenvalue weighted by atomic mass is 19.2. The van der Waals surface area contributed by atoms with E-state index in [1.165, 1.54) is 6.07 Å². The Morgan fingerprint density at radius 3 is 2.44 bits per heavy atom. The van der Waals surface area contributed by atoms with Crippen molar-refractivity contribution < 1.29 is 13.2 Å². The van der Waals surface area contributed by atoms with Gasteiger partial charge in [0.15, 0.2) is 17.5 Å². The van der Waals surface area contributed by atoms with Crippen LogP contribution in [0.25, 0.3) is 10.9 Å². The molecule has 0 spiro atoms. The van der Waals surface area contributed by atoms with Crippen molar-refractivity contribution >= 4 is 16.7 Å². The SMILES string of the molecule is CNc1nc2cc(F)c(F)c(F)c2cc1C. The first-order valence-corrected chi connectivity index (χ1v) is 4.67. The van der Waals surface area contributed by atoms with E-state index in [-0.39, 0.29) is 10.9 Å². The summed E-state index contributed by atoms with van der Waals surface area (Å²) in [5.74, 6) is -3.39. The van der Waals surface area contributed by atoms with E-state index in [1.54, 1.807) is 14.0 Å². The smallest absolute Gasteiger partial charge is 0.195 e. The zero-order valence-corrected chi connectivity index (χ0v) is 8.74. The predicted molar refractivity (Wildman–Crippen MR) is 55.9 cm³/mol. The second kappa shape index (κ2) is 3.66. The zero-order valence-electron chi connectivity index (χ0n) is 8.74. The maximum atomic E-state index is 13.4. The standard InChI is InChI=1S/C11H9F3N2/c1-5-3-6-8(16-11(5)15-2)4-7(12)10(14)9(6)13/h3-4H,1-2H3,(H,15,16). The fourth-order valence-electron chi connectivity index (χ4n) is 1.57. The van der Waals surface area contributed by atoms with Crippen LogP contribution in [0.5, 0.6) is 0 Å². The molecule has 84 valence electrons. The molecule has 0 aliphatic rings. The molecule has 2 rings (SSSR count). The van der Waals surface area contributed by atoms with Gasteiger partial charge in [0.2, 0.25) is 0 Å². The minimum absolute atomic E-state index is 0.0181. The molecular weight excluding hydrogens is 217 g/mol. The lowest BCUT2D eigenvalue weighted by molar-refractivity contribution is 0.453. The van der Waals surface area contributed by atoms with Crippen LogP contribution in [0.15, 0.2) is 12.1 Å². The number of anilines is 1. The Balaban J connectivity index is 2.86. The number of halogens is 3. The third-order valence-corrected chi connectivity index (χ3v) is 2.38. The van der Waals surface area contributed by atoms with Gasteiger partial charge in [-0.3, -0.25) is 0 Å². The van der Waals surface area contributed by atoms with Gasteiger partial charge in [0.1, 0.15) is 5.82 Å². The monoisotopic (exact) mass is 226 g/mol. The lowest BCUT2D eigenvalue weighted by Gasteiger charge is -2.07. The Bertz CT molecular complexity index is 567. The highest BCUT2D eigenvalue weighted by Gasteiger charge is 2.15. The molecule has 5 heteroatoms. The molecule has 16 heavy (non-hydrogen) atoms. The number of pyridine rings is 1. The number of fused-ring (bicyclic) bond motifs is 1. The van der Waals surface area contributed by atoms with Gasteiger partial charge in [-0.05, 0) is 18.6 Å². The van der Waals surface area contributed by atoms with Gasteiger partial charge in [0, 0.05) is 18.5 Å². The molecule has 1 aromatic carbocycles. The Kier molecular flexibility index (Phi) is 2.46. The van der Waals surface area contributed by atoms with Crippen molar-refractivity contribution in [2.75, 3.05) is 12.4 Å². The van der Waals surface area contributed by atoms with Crippen molar-refractivity contribution in [1.82, 2.24) is 4.98 Å². The van der Waals surface area contributed by atoms with Crippen molar-refractivity contribution in [3.8, 4) is 0 Å². The third-order valence-electron chi connectivity index (χ3n) is 2.38. The van der Waals surface area contributed by atoms with E-state index in [9.17, 15) is 13.2 Å². The Labute approximate surface area is 90.1 Å². The number of benzene rings is 1. The minimum Gasteiger partial charge on any atom is -0.373 e. The van der Waals surface area contributed by atoms with E-state index >= 15 is 0 Å². The molecule has 0 saturated heterocycles. The first-order chi connectivity index (χ1) is 7.54. The van der Waals surface area contributed by atoms with E-state index in [0.29, 0.717) is 11.4 Å². The van der Waals surface area contributed by atoms with E-state index in [4.69, 9.17) is 0 Å². The molecule has 0 aliphatic carbocycles. The van der Waals surface area contributed by atoms with Crippen LogP contribution in [0.2, 0.25) is 0 Å². The topological polar surface area (TPSA) is 24.9 Å². The number of rotatable bonds is 1. The summed E-state index contributed by atoms with van der Waals surface area (Å²) < 4.78 is 39.4. The summed E-state index contributed by atoms with van der Waals surface area (Å²) >= 11 is 0. The second-order valence-electron chi connectivity index (χ2n) is 3.46. The maximum Gasteiger partial charge on any atom is 0.195 e. The second-order valence-corrected chi connectivity index (χ2v) is 3.46. The molecule has 2 nitrogen and oxygen atoms in total. The highest BCUT2D eigenvalue weighted by Crippen LogP contribution is 2.25. The van der Waals surface area contributed by atoms with Crippen LogP contribution in [-0.2, 0) is 0 Å². The van der Waals surface area contributed by atoms with Gasteiger partial charge in [-0.2, -0.15) is 0 Å². The Morgan fingerprint density at radius 1 is 1.12 bits per heavy atom.